The molecule has 0 amide bonds. The summed E-state index contributed by atoms with van der Waals surface area (Å²) in [5.74, 6) is 0.382. The summed E-state index contributed by atoms with van der Waals surface area (Å²) in [5.41, 5.74) is 0.769. The highest BCUT2D eigenvalue weighted by Crippen LogP contribution is 2.49. The second kappa shape index (κ2) is 4.95. The molecule has 1 nitrogen and oxygen atoms in total. The van der Waals surface area contributed by atoms with E-state index in [0.717, 1.165) is 31.5 Å². The number of rotatable bonds is 5. The van der Waals surface area contributed by atoms with Gasteiger partial charge in [-0.3, -0.25) is 0 Å². The first-order chi connectivity index (χ1) is 8.05. The van der Waals surface area contributed by atoms with Crippen LogP contribution in [0.2, 0.25) is 5.02 Å². The van der Waals surface area contributed by atoms with Gasteiger partial charge in [0.1, 0.15) is 5.82 Å². The Labute approximate surface area is 107 Å². The first-order valence-electron chi connectivity index (χ1n) is 6.20. The van der Waals surface area contributed by atoms with Crippen molar-refractivity contribution in [2.45, 2.75) is 32.1 Å². The first-order valence-corrected chi connectivity index (χ1v) is 6.58. The molecule has 17 heavy (non-hydrogen) atoms. The lowest BCUT2D eigenvalue weighted by Gasteiger charge is -2.18. The van der Waals surface area contributed by atoms with Crippen molar-refractivity contribution in [2.75, 3.05) is 13.1 Å². The van der Waals surface area contributed by atoms with Crippen LogP contribution in [0.15, 0.2) is 18.2 Å². The molecule has 0 saturated heterocycles. The summed E-state index contributed by atoms with van der Waals surface area (Å²) in [6.45, 7) is 6.17. The predicted molar refractivity (Wildman–Crippen MR) is 70.0 cm³/mol. The minimum Gasteiger partial charge on any atom is -0.316 e. The molecule has 0 aromatic heterocycles. The fraction of sp³-hybridized carbons (Fsp3) is 0.571. The maximum Gasteiger partial charge on any atom is 0.145 e. The zero-order chi connectivity index (χ0) is 12.5. The quantitative estimate of drug-likeness (QED) is 0.845. The molecule has 2 rings (SSSR count). The van der Waals surface area contributed by atoms with Gasteiger partial charge in [-0.2, -0.15) is 0 Å². The Hall–Kier alpha value is -0.600. The third-order valence-electron chi connectivity index (χ3n) is 3.39. The van der Waals surface area contributed by atoms with Gasteiger partial charge in [0.25, 0.3) is 0 Å². The molecule has 94 valence electrons. The van der Waals surface area contributed by atoms with E-state index in [1.807, 2.05) is 12.1 Å². The average Bonchev–Trinajstić information content (AvgIpc) is 3.02. The van der Waals surface area contributed by atoms with E-state index in [1.54, 1.807) is 6.07 Å². The summed E-state index contributed by atoms with van der Waals surface area (Å²) in [6, 6.07) is 5.31. The van der Waals surface area contributed by atoms with Crippen LogP contribution in [0.1, 0.15) is 32.3 Å². The molecule has 0 radical (unpaired) electrons. The molecule has 1 fully saturated rings. The summed E-state index contributed by atoms with van der Waals surface area (Å²) in [4.78, 5) is 0. The van der Waals surface area contributed by atoms with Crippen LogP contribution in [0.3, 0.4) is 0 Å². The van der Waals surface area contributed by atoms with Crippen LogP contribution in [0, 0.1) is 11.7 Å². The average molecular weight is 256 g/mol. The van der Waals surface area contributed by atoms with Gasteiger partial charge in [-0.05, 0) is 36.9 Å². The summed E-state index contributed by atoms with van der Waals surface area (Å²) >= 11 is 5.84. The van der Waals surface area contributed by atoms with E-state index in [4.69, 9.17) is 11.6 Å². The van der Waals surface area contributed by atoms with E-state index < -0.39 is 0 Å². The van der Waals surface area contributed by atoms with Crippen LogP contribution in [-0.2, 0) is 5.41 Å². The lowest BCUT2D eigenvalue weighted by atomic mass is 9.95. The molecule has 1 aliphatic carbocycles. The van der Waals surface area contributed by atoms with Gasteiger partial charge >= 0.3 is 0 Å². The number of hydrogen-bond donors (Lipinski definition) is 1. The maximum absolute atomic E-state index is 14.0. The zero-order valence-electron chi connectivity index (χ0n) is 10.4. The Morgan fingerprint density at radius 3 is 2.71 bits per heavy atom. The maximum atomic E-state index is 14.0. The van der Waals surface area contributed by atoms with E-state index >= 15 is 0 Å². The van der Waals surface area contributed by atoms with Crippen LogP contribution in [0.4, 0.5) is 4.39 Å². The van der Waals surface area contributed by atoms with Crippen molar-refractivity contribution >= 4 is 11.6 Å². The molecule has 0 aliphatic heterocycles. The summed E-state index contributed by atoms with van der Waals surface area (Å²) in [6.07, 6.45) is 2.10. The molecule has 1 aromatic carbocycles. The molecule has 1 aliphatic rings. The standard InChI is InChI=1S/C14H19ClFN/c1-10(2)8-17-9-14(6-7-14)11-4-3-5-12(15)13(11)16/h3-5,10,17H,6-9H2,1-2H3. The second-order valence-electron chi connectivity index (χ2n) is 5.41. The van der Waals surface area contributed by atoms with Crippen LogP contribution in [0.25, 0.3) is 0 Å². The van der Waals surface area contributed by atoms with Crippen molar-refractivity contribution in [1.82, 2.24) is 5.32 Å². The Morgan fingerprint density at radius 2 is 2.12 bits per heavy atom. The topological polar surface area (TPSA) is 12.0 Å². The third-order valence-corrected chi connectivity index (χ3v) is 3.68. The predicted octanol–water partition coefficient (Wildman–Crippen LogP) is 3.76. The number of halogens is 2. The fourth-order valence-corrected chi connectivity index (χ4v) is 2.38. The van der Waals surface area contributed by atoms with Gasteiger partial charge in [-0.1, -0.05) is 37.6 Å². The molecular weight excluding hydrogens is 237 g/mol. The minimum absolute atomic E-state index is 0.0100. The first kappa shape index (κ1) is 12.8. The molecule has 3 heteroatoms. The lowest BCUT2D eigenvalue weighted by molar-refractivity contribution is 0.493. The highest BCUT2D eigenvalue weighted by Gasteiger charge is 2.45. The van der Waals surface area contributed by atoms with Gasteiger partial charge < -0.3 is 5.32 Å². The van der Waals surface area contributed by atoms with Crippen LogP contribution < -0.4 is 5.32 Å². The minimum atomic E-state index is -0.238. The molecule has 0 bridgehead atoms. The van der Waals surface area contributed by atoms with Crippen LogP contribution in [0.5, 0.6) is 0 Å². The number of nitrogens with one attached hydrogen (secondary N) is 1. The highest BCUT2D eigenvalue weighted by molar-refractivity contribution is 6.30. The highest BCUT2D eigenvalue weighted by atomic mass is 35.5. The Morgan fingerprint density at radius 1 is 1.41 bits per heavy atom. The van der Waals surface area contributed by atoms with Gasteiger partial charge in [-0.25, -0.2) is 4.39 Å². The molecule has 0 spiro atoms. The van der Waals surface area contributed by atoms with Crippen LogP contribution >= 0.6 is 11.6 Å². The summed E-state index contributed by atoms with van der Waals surface area (Å²) in [7, 11) is 0. The number of hydrogen-bond acceptors (Lipinski definition) is 1. The van der Waals surface area contributed by atoms with Gasteiger partial charge in [0.15, 0.2) is 0 Å². The van der Waals surface area contributed by atoms with Crippen LogP contribution in [-0.4, -0.2) is 13.1 Å². The van der Waals surface area contributed by atoms with Crippen molar-refractivity contribution in [3.8, 4) is 0 Å². The number of benzene rings is 1. The van der Waals surface area contributed by atoms with E-state index in [1.165, 1.54) is 0 Å². The Bertz CT molecular complexity index is 399. The monoisotopic (exact) mass is 255 g/mol. The van der Waals surface area contributed by atoms with E-state index in [9.17, 15) is 4.39 Å². The summed E-state index contributed by atoms with van der Waals surface area (Å²) in [5, 5.41) is 3.66. The molecule has 1 aromatic rings. The second-order valence-corrected chi connectivity index (χ2v) is 5.81. The molecule has 0 heterocycles. The van der Waals surface area contributed by atoms with Gasteiger partial charge in [0.2, 0.25) is 0 Å². The van der Waals surface area contributed by atoms with Gasteiger partial charge in [0.05, 0.1) is 5.02 Å². The molecule has 0 unspecified atom stereocenters. The largest absolute Gasteiger partial charge is 0.316 e. The lowest BCUT2D eigenvalue weighted by Crippen LogP contribution is -2.30. The van der Waals surface area contributed by atoms with E-state index in [2.05, 4.69) is 19.2 Å². The molecule has 1 N–H and O–H groups in total. The van der Waals surface area contributed by atoms with Gasteiger partial charge in [0, 0.05) is 12.0 Å². The normalized spacial score (nSPS) is 17.5. The third kappa shape index (κ3) is 2.80. The van der Waals surface area contributed by atoms with Crippen molar-refractivity contribution in [2.24, 2.45) is 5.92 Å². The molecule has 1 saturated carbocycles. The van der Waals surface area contributed by atoms with Gasteiger partial charge in [-0.15, -0.1) is 0 Å². The summed E-state index contributed by atoms with van der Waals surface area (Å²) < 4.78 is 14.0. The zero-order valence-corrected chi connectivity index (χ0v) is 11.1. The van der Waals surface area contributed by atoms with E-state index in [0.29, 0.717) is 5.92 Å². The van der Waals surface area contributed by atoms with E-state index in [-0.39, 0.29) is 16.3 Å². The Balaban J connectivity index is 2.08. The Kier molecular flexibility index (Phi) is 3.74. The SMILES string of the molecule is CC(C)CNCC1(c2cccc(Cl)c2F)CC1. The molecular formula is C14H19ClFN. The molecule has 0 atom stereocenters. The van der Waals surface area contributed by atoms with Crippen molar-refractivity contribution in [3.05, 3.63) is 34.6 Å². The van der Waals surface area contributed by atoms with Crippen molar-refractivity contribution < 1.29 is 4.39 Å². The smallest absolute Gasteiger partial charge is 0.145 e. The fourth-order valence-electron chi connectivity index (χ4n) is 2.21. The van der Waals surface area contributed by atoms with Crippen molar-refractivity contribution in [1.29, 1.82) is 0 Å². The van der Waals surface area contributed by atoms with Crippen molar-refractivity contribution in [3.63, 3.8) is 0 Å².